The van der Waals surface area contributed by atoms with Crippen LogP contribution in [0.1, 0.15) is 24.0 Å². The van der Waals surface area contributed by atoms with E-state index in [0.29, 0.717) is 6.04 Å². The predicted molar refractivity (Wildman–Crippen MR) is 81.6 cm³/mol. The van der Waals surface area contributed by atoms with Crippen molar-refractivity contribution in [2.75, 3.05) is 0 Å². The van der Waals surface area contributed by atoms with Crippen LogP contribution in [0.2, 0.25) is 0 Å². The summed E-state index contributed by atoms with van der Waals surface area (Å²) in [5.74, 6) is -0.160. The van der Waals surface area contributed by atoms with Crippen molar-refractivity contribution in [3.8, 4) is 0 Å². The summed E-state index contributed by atoms with van der Waals surface area (Å²) >= 11 is 1.71. The summed E-state index contributed by atoms with van der Waals surface area (Å²) in [5, 5.41) is 3.46. The minimum absolute atomic E-state index is 0.160. The molecule has 1 fully saturated rings. The highest BCUT2D eigenvalue weighted by molar-refractivity contribution is 7.99. The molecule has 0 saturated heterocycles. The molecule has 0 atom stereocenters. The molecule has 0 amide bonds. The Kier molecular flexibility index (Phi) is 4.08. The molecule has 1 aliphatic rings. The van der Waals surface area contributed by atoms with Crippen molar-refractivity contribution in [2.24, 2.45) is 0 Å². The van der Waals surface area contributed by atoms with E-state index in [1.807, 2.05) is 18.2 Å². The average Bonchev–Trinajstić information content (AvgIpc) is 3.25. The Hall–Kier alpha value is -1.32. The van der Waals surface area contributed by atoms with Crippen LogP contribution in [0.15, 0.2) is 52.3 Å². The molecule has 104 valence electrons. The van der Waals surface area contributed by atoms with Crippen molar-refractivity contribution in [1.82, 2.24) is 5.32 Å². The van der Waals surface area contributed by atoms with Gasteiger partial charge >= 0.3 is 0 Å². The fourth-order valence-electron chi connectivity index (χ4n) is 2.12. The maximum atomic E-state index is 13.5. The third-order valence-electron chi connectivity index (χ3n) is 3.49. The zero-order chi connectivity index (χ0) is 13.9. The van der Waals surface area contributed by atoms with Gasteiger partial charge in [0.05, 0.1) is 0 Å². The molecule has 2 aromatic carbocycles. The maximum Gasteiger partial charge on any atom is 0.123 e. The second kappa shape index (κ2) is 5.98. The molecule has 0 spiro atoms. The second-order valence-electron chi connectivity index (χ2n) is 5.27. The lowest BCUT2D eigenvalue weighted by atomic mass is 10.2. The molecule has 3 heteroatoms. The van der Waals surface area contributed by atoms with E-state index in [-0.39, 0.29) is 5.82 Å². The van der Waals surface area contributed by atoms with Gasteiger partial charge in [0.25, 0.3) is 0 Å². The molecule has 20 heavy (non-hydrogen) atoms. The van der Waals surface area contributed by atoms with Crippen LogP contribution in [0, 0.1) is 12.7 Å². The Bertz CT molecular complexity index is 608. The van der Waals surface area contributed by atoms with Crippen LogP contribution in [0.25, 0.3) is 0 Å². The van der Waals surface area contributed by atoms with Gasteiger partial charge in [-0.3, -0.25) is 0 Å². The normalized spacial score (nSPS) is 14.5. The molecule has 1 N–H and O–H groups in total. The molecular weight excluding hydrogens is 269 g/mol. The Morgan fingerprint density at radius 3 is 2.70 bits per heavy atom. The number of benzene rings is 2. The van der Waals surface area contributed by atoms with E-state index in [4.69, 9.17) is 0 Å². The molecule has 0 aromatic heterocycles. The van der Waals surface area contributed by atoms with E-state index in [1.165, 1.54) is 23.3 Å². The molecule has 1 saturated carbocycles. The lowest BCUT2D eigenvalue weighted by Crippen LogP contribution is -2.16. The predicted octanol–water partition coefficient (Wildman–Crippen LogP) is 4.54. The van der Waals surface area contributed by atoms with Gasteiger partial charge < -0.3 is 5.32 Å². The third-order valence-corrected chi connectivity index (χ3v) is 4.79. The lowest BCUT2D eigenvalue weighted by Gasteiger charge is -2.11. The van der Waals surface area contributed by atoms with Crippen LogP contribution in [0.4, 0.5) is 4.39 Å². The second-order valence-corrected chi connectivity index (χ2v) is 6.36. The Labute approximate surface area is 123 Å². The highest BCUT2D eigenvalue weighted by Crippen LogP contribution is 2.33. The first kappa shape index (κ1) is 13.7. The zero-order valence-electron chi connectivity index (χ0n) is 11.5. The van der Waals surface area contributed by atoms with E-state index in [2.05, 4.69) is 24.4 Å². The molecule has 0 unspecified atom stereocenters. The van der Waals surface area contributed by atoms with Gasteiger partial charge in [0, 0.05) is 22.4 Å². The molecule has 0 aliphatic heterocycles. The number of rotatable bonds is 5. The monoisotopic (exact) mass is 287 g/mol. The van der Waals surface area contributed by atoms with Gasteiger partial charge in [-0.15, -0.1) is 0 Å². The van der Waals surface area contributed by atoms with E-state index in [1.54, 1.807) is 23.9 Å². The van der Waals surface area contributed by atoms with Gasteiger partial charge in [0.15, 0.2) is 0 Å². The minimum Gasteiger partial charge on any atom is -0.310 e. The summed E-state index contributed by atoms with van der Waals surface area (Å²) < 4.78 is 13.5. The fourth-order valence-corrected chi connectivity index (χ4v) is 3.13. The highest BCUT2D eigenvalue weighted by atomic mass is 32.2. The number of hydrogen-bond donors (Lipinski definition) is 1. The highest BCUT2D eigenvalue weighted by Gasteiger charge is 2.20. The number of nitrogens with one attached hydrogen (secondary N) is 1. The topological polar surface area (TPSA) is 12.0 Å². The fraction of sp³-hybridized carbons (Fsp3) is 0.294. The van der Waals surface area contributed by atoms with Crippen molar-refractivity contribution in [2.45, 2.75) is 42.1 Å². The van der Waals surface area contributed by atoms with Crippen LogP contribution in [-0.4, -0.2) is 6.04 Å². The first-order chi connectivity index (χ1) is 9.72. The molecular formula is C17H18FNS. The maximum absolute atomic E-state index is 13.5. The molecule has 0 bridgehead atoms. The molecule has 0 radical (unpaired) electrons. The summed E-state index contributed by atoms with van der Waals surface area (Å²) in [6.45, 7) is 2.85. The number of halogens is 1. The van der Waals surface area contributed by atoms with Crippen LogP contribution in [0.5, 0.6) is 0 Å². The summed E-state index contributed by atoms with van der Waals surface area (Å²) in [7, 11) is 0. The van der Waals surface area contributed by atoms with Gasteiger partial charge in [0.2, 0.25) is 0 Å². The quantitative estimate of drug-likeness (QED) is 0.866. The first-order valence-electron chi connectivity index (χ1n) is 6.97. The Balaban J connectivity index is 1.82. The number of hydrogen-bond acceptors (Lipinski definition) is 2. The zero-order valence-corrected chi connectivity index (χ0v) is 12.3. The SMILES string of the molecule is Cc1ccccc1Sc1ccc(F)cc1CNC1CC1. The van der Waals surface area contributed by atoms with Crippen LogP contribution in [-0.2, 0) is 6.54 Å². The van der Waals surface area contributed by atoms with E-state index >= 15 is 0 Å². The van der Waals surface area contributed by atoms with Crippen molar-refractivity contribution >= 4 is 11.8 Å². The van der Waals surface area contributed by atoms with Gasteiger partial charge in [-0.2, -0.15) is 0 Å². The van der Waals surface area contributed by atoms with Crippen molar-refractivity contribution in [1.29, 1.82) is 0 Å². The Morgan fingerprint density at radius 1 is 1.15 bits per heavy atom. The van der Waals surface area contributed by atoms with Crippen LogP contribution in [0.3, 0.4) is 0 Å². The molecule has 1 nitrogen and oxygen atoms in total. The smallest absolute Gasteiger partial charge is 0.123 e. The van der Waals surface area contributed by atoms with Crippen molar-refractivity contribution in [3.05, 3.63) is 59.4 Å². The van der Waals surface area contributed by atoms with Crippen LogP contribution < -0.4 is 5.32 Å². The van der Waals surface area contributed by atoms with Crippen molar-refractivity contribution < 1.29 is 4.39 Å². The third kappa shape index (κ3) is 3.41. The minimum atomic E-state index is -0.160. The summed E-state index contributed by atoms with van der Waals surface area (Å²) in [5.41, 5.74) is 2.30. The van der Waals surface area contributed by atoms with Crippen molar-refractivity contribution in [3.63, 3.8) is 0 Å². The van der Waals surface area contributed by atoms with E-state index in [9.17, 15) is 4.39 Å². The molecule has 3 rings (SSSR count). The Morgan fingerprint density at radius 2 is 1.95 bits per heavy atom. The summed E-state index contributed by atoms with van der Waals surface area (Å²) in [4.78, 5) is 2.36. The molecule has 1 aliphatic carbocycles. The molecule has 2 aromatic rings. The van der Waals surface area contributed by atoms with Gasteiger partial charge in [-0.05, 0) is 55.2 Å². The van der Waals surface area contributed by atoms with Gasteiger partial charge in [0.1, 0.15) is 5.82 Å². The summed E-state index contributed by atoms with van der Waals surface area (Å²) in [6, 6.07) is 14.0. The average molecular weight is 287 g/mol. The van der Waals surface area contributed by atoms with Gasteiger partial charge in [-0.1, -0.05) is 30.0 Å². The standard InChI is InChI=1S/C17H18FNS/c1-12-4-2-3-5-16(12)20-17-9-6-14(18)10-13(17)11-19-15-7-8-15/h2-6,9-10,15,19H,7-8,11H2,1H3. The van der Waals surface area contributed by atoms with Gasteiger partial charge in [-0.25, -0.2) is 4.39 Å². The van der Waals surface area contributed by atoms with E-state index < -0.39 is 0 Å². The summed E-state index contributed by atoms with van der Waals surface area (Å²) in [6.07, 6.45) is 2.49. The lowest BCUT2D eigenvalue weighted by molar-refractivity contribution is 0.616. The largest absolute Gasteiger partial charge is 0.310 e. The van der Waals surface area contributed by atoms with Crippen LogP contribution >= 0.6 is 11.8 Å². The first-order valence-corrected chi connectivity index (χ1v) is 7.79. The van der Waals surface area contributed by atoms with E-state index in [0.717, 1.165) is 17.0 Å². The molecule has 0 heterocycles. The number of aryl methyl sites for hydroxylation is 1.